The Kier molecular flexibility index (Phi) is 3.01. The van der Waals surface area contributed by atoms with Crippen LogP contribution < -0.4 is 5.43 Å². The van der Waals surface area contributed by atoms with E-state index in [0.717, 1.165) is 32.9 Å². The number of hydrogen-bond donors (Lipinski definition) is 1. The van der Waals surface area contributed by atoms with Gasteiger partial charge >= 0.3 is 0 Å². The molecule has 1 atom stereocenters. The molecule has 0 aliphatic carbocycles. The molecule has 0 saturated carbocycles. The Morgan fingerprint density at radius 3 is 2.72 bits per heavy atom. The van der Waals surface area contributed by atoms with Crippen LogP contribution in [0.2, 0.25) is 5.02 Å². The van der Waals surface area contributed by atoms with Gasteiger partial charge in [0.25, 0.3) is 0 Å². The van der Waals surface area contributed by atoms with Gasteiger partial charge in [0, 0.05) is 11.6 Å². The van der Waals surface area contributed by atoms with Gasteiger partial charge in [0.15, 0.2) is 0 Å². The second-order valence-electron chi connectivity index (χ2n) is 4.08. The highest BCUT2D eigenvalue weighted by atomic mass is 35.5. The summed E-state index contributed by atoms with van der Waals surface area (Å²) in [7, 11) is 0. The van der Waals surface area contributed by atoms with Crippen LogP contribution in [0.5, 0.6) is 0 Å². The summed E-state index contributed by atoms with van der Waals surface area (Å²) in [5.41, 5.74) is 5.11. The molecule has 0 amide bonds. The lowest BCUT2D eigenvalue weighted by molar-refractivity contribution is 0.752. The van der Waals surface area contributed by atoms with Crippen LogP contribution in [0.4, 0.5) is 0 Å². The summed E-state index contributed by atoms with van der Waals surface area (Å²) < 4.78 is 0. The van der Waals surface area contributed by atoms with E-state index < -0.39 is 0 Å². The van der Waals surface area contributed by atoms with Crippen LogP contribution in [0.25, 0.3) is 0 Å². The number of nitrogens with zero attached hydrogens (tertiary/aromatic N) is 3. The summed E-state index contributed by atoms with van der Waals surface area (Å²) in [6, 6.07) is 7.71. The molecule has 1 aliphatic rings. The molecule has 0 bridgehead atoms. The van der Waals surface area contributed by atoms with Gasteiger partial charge in [-0.25, -0.2) is 0 Å². The van der Waals surface area contributed by atoms with E-state index in [2.05, 4.69) is 20.7 Å². The average molecular weight is 279 g/mol. The van der Waals surface area contributed by atoms with Crippen LogP contribution in [0, 0.1) is 6.92 Å². The molecule has 1 unspecified atom stereocenters. The van der Waals surface area contributed by atoms with E-state index in [-0.39, 0.29) is 5.92 Å². The number of aryl methyl sites for hydroxylation is 1. The largest absolute Gasteiger partial charge is 0.309 e. The maximum Gasteiger partial charge on any atom is 0.128 e. The van der Waals surface area contributed by atoms with E-state index in [4.69, 9.17) is 11.6 Å². The summed E-state index contributed by atoms with van der Waals surface area (Å²) in [4.78, 5) is 0. The normalized spacial score (nSPS) is 18.6. The van der Waals surface area contributed by atoms with Gasteiger partial charge in [-0.3, -0.25) is 0 Å². The number of hydrazone groups is 1. The molecule has 1 aromatic heterocycles. The zero-order valence-electron chi connectivity index (χ0n) is 9.72. The minimum absolute atomic E-state index is 0.178. The number of hydrogen-bond acceptors (Lipinski definition) is 5. The quantitative estimate of drug-likeness (QED) is 0.919. The second-order valence-corrected chi connectivity index (χ2v) is 5.73. The molecule has 3 rings (SSSR count). The first kappa shape index (κ1) is 11.6. The molecule has 6 heteroatoms. The Balaban J connectivity index is 1.94. The van der Waals surface area contributed by atoms with Crippen molar-refractivity contribution in [1.29, 1.82) is 0 Å². The van der Waals surface area contributed by atoms with Gasteiger partial charge in [0.2, 0.25) is 0 Å². The highest BCUT2D eigenvalue weighted by Gasteiger charge is 2.27. The van der Waals surface area contributed by atoms with E-state index >= 15 is 0 Å². The van der Waals surface area contributed by atoms with Crippen LogP contribution in [0.3, 0.4) is 0 Å². The fourth-order valence-electron chi connectivity index (χ4n) is 1.94. The van der Waals surface area contributed by atoms with Gasteiger partial charge in [-0.15, -0.1) is 21.5 Å². The molecule has 2 heterocycles. The predicted molar refractivity (Wildman–Crippen MR) is 73.4 cm³/mol. The topological polar surface area (TPSA) is 50.2 Å². The summed E-state index contributed by atoms with van der Waals surface area (Å²) in [5.74, 6) is 0.178. The van der Waals surface area contributed by atoms with Gasteiger partial charge in [0.1, 0.15) is 10.0 Å². The first-order valence-electron chi connectivity index (χ1n) is 5.60. The summed E-state index contributed by atoms with van der Waals surface area (Å²) in [6.07, 6.45) is 0. The van der Waals surface area contributed by atoms with Gasteiger partial charge in [-0.2, -0.15) is 5.10 Å². The molecule has 1 N–H and O–H groups in total. The number of nitrogens with one attached hydrogen (secondary N) is 1. The Hall–Kier alpha value is -1.46. The SMILES string of the molecule is Cc1nnc(C2CNN=C2c2ccc(Cl)cc2)s1. The Labute approximate surface area is 114 Å². The molecular formula is C12H11ClN4S. The minimum atomic E-state index is 0.178. The fourth-order valence-corrected chi connectivity index (χ4v) is 2.87. The van der Waals surface area contributed by atoms with Crippen molar-refractivity contribution < 1.29 is 0 Å². The minimum Gasteiger partial charge on any atom is -0.309 e. The molecular weight excluding hydrogens is 268 g/mol. The lowest BCUT2D eigenvalue weighted by atomic mass is 9.98. The van der Waals surface area contributed by atoms with Gasteiger partial charge in [0.05, 0.1) is 11.6 Å². The Morgan fingerprint density at radius 1 is 1.28 bits per heavy atom. The Bertz CT molecular complexity index is 590. The third-order valence-corrected chi connectivity index (χ3v) is 4.01. The molecule has 4 nitrogen and oxygen atoms in total. The summed E-state index contributed by atoms with van der Waals surface area (Å²) >= 11 is 7.52. The molecule has 18 heavy (non-hydrogen) atoms. The molecule has 0 fully saturated rings. The molecule has 1 aliphatic heterocycles. The first-order valence-corrected chi connectivity index (χ1v) is 6.80. The van der Waals surface area contributed by atoms with Crippen molar-refractivity contribution in [2.45, 2.75) is 12.8 Å². The fraction of sp³-hybridized carbons (Fsp3) is 0.250. The van der Waals surface area contributed by atoms with Crippen LogP contribution in [0.15, 0.2) is 29.4 Å². The van der Waals surface area contributed by atoms with E-state index in [1.165, 1.54) is 0 Å². The number of benzene rings is 1. The monoisotopic (exact) mass is 278 g/mol. The van der Waals surface area contributed by atoms with Crippen LogP contribution in [-0.4, -0.2) is 22.5 Å². The number of rotatable bonds is 2. The van der Waals surface area contributed by atoms with Crippen LogP contribution in [-0.2, 0) is 0 Å². The number of halogens is 1. The van der Waals surface area contributed by atoms with Crippen molar-refractivity contribution in [2.24, 2.45) is 5.10 Å². The summed E-state index contributed by atoms with van der Waals surface area (Å²) in [5, 5.41) is 15.4. The first-order chi connectivity index (χ1) is 8.74. The van der Waals surface area contributed by atoms with Crippen molar-refractivity contribution in [1.82, 2.24) is 15.6 Å². The maximum absolute atomic E-state index is 5.90. The van der Waals surface area contributed by atoms with E-state index in [1.54, 1.807) is 11.3 Å². The van der Waals surface area contributed by atoms with Gasteiger partial charge in [-0.05, 0) is 24.6 Å². The highest BCUT2D eigenvalue weighted by Crippen LogP contribution is 2.27. The zero-order valence-corrected chi connectivity index (χ0v) is 11.3. The molecule has 1 aromatic carbocycles. The van der Waals surface area contributed by atoms with E-state index in [0.29, 0.717) is 0 Å². The molecule has 0 spiro atoms. The third-order valence-electron chi connectivity index (χ3n) is 2.80. The lowest BCUT2D eigenvalue weighted by Gasteiger charge is -2.08. The Morgan fingerprint density at radius 2 is 2.06 bits per heavy atom. The zero-order chi connectivity index (χ0) is 12.5. The van der Waals surface area contributed by atoms with Gasteiger partial charge < -0.3 is 5.43 Å². The summed E-state index contributed by atoms with van der Waals surface area (Å²) in [6.45, 7) is 2.73. The molecule has 0 radical (unpaired) electrons. The highest BCUT2D eigenvalue weighted by molar-refractivity contribution is 7.11. The van der Waals surface area contributed by atoms with Crippen molar-refractivity contribution in [3.63, 3.8) is 0 Å². The van der Waals surface area contributed by atoms with Crippen molar-refractivity contribution in [3.8, 4) is 0 Å². The third kappa shape index (κ3) is 2.11. The second kappa shape index (κ2) is 4.66. The number of aromatic nitrogens is 2. The molecule has 0 saturated heterocycles. The average Bonchev–Trinajstić information content (AvgIpc) is 2.98. The van der Waals surface area contributed by atoms with Crippen molar-refractivity contribution >= 4 is 28.6 Å². The smallest absolute Gasteiger partial charge is 0.128 e. The van der Waals surface area contributed by atoms with E-state index in [9.17, 15) is 0 Å². The van der Waals surface area contributed by atoms with Crippen LogP contribution >= 0.6 is 22.9 Å². The maximum atomic E-state index is 5.90. The molecule has 2 aromatic rings. The van der Waals surface area contributed by atoms with Crippen molar-refractivity contribution in [2.75, 3.05) is 6.54 Å². The molecule has 92 valence electrons. The van der Waals surface area contributed by atoms with Crippen molar-refractivity contribution in [3.05, 3.63) is 44.9 Å². The van der Waals surface area contributed by atoms with E-state index in [1.807, 2.05) is 31.2 Å². The lowest BCUT2D eigenvalue weighted by Crippen LogP contribution is -2.14. The van der Waals surface area contributed by atoms with Gasteiger partial charge in [-0.1, -0.05) is 23.7 Å². The standard InChI is InChI=1S/C12H11ClN4S/c1-7-15-17-12(18-7)10-6-14-16-11(10)8-2-4-9(13)5-3-8/h2-5,10,14H,6H2,1H3. The predicted octanol–water partition coefficient (Wildman–Crippen LogP) is 2.59. The van der Waals surface area contributed by atoms with Crippen LogP contribution in [0.1, 0.15) is 21.5 Å².